The molecule has 0 radical (unpaired) electrons. The molecule has 0 spiro atoms. The monoisotopic (exact) mass is 185 g/mol. The molecule has 0 aromatic heterocycles. The molecule has 1 amide bonds. The number of amides is 1. The third-order valence-electron chi connectivity index (χ3n) is 2.30. The fourth-order valence-corrected chi connectivity index (χ4v) is 1.56. The van der Waals surface area contributed by atoms with Crippen LogP contribution in [0.2, 0.25) is 0 Å². The van der Waals surface area contributed by atoms with E-state index in [2.05, 4.69) is 10.6 Å². The summed E-state index contributed by atoms with van der Waals surface area (Å²) < 4.78 is 0. The molecule has 4 N–H and O–H groups in total. The largest absolute Gasteiger partial charge is 0.356 e. The Bertz CT molecular complexity index is 161. The van der Waals surface area contributed by atoms with Gasteiger partial charge in [0, 0.05) is 19.0 Å². The first-order valence-corrected chi connectivity index (χ1v) is 5.03. The van der Waals surface area contributed by atoms with Crippen LogP contribution in [0.25, 0.3) is 0 Å². The van der Waals surface area contributed by atoms with Crippen LogP contribution in [0.4, 0.5) is 0 Å². The van der Waals surface area contributed by atoms with E-state index in [1.807, 2.05) is 0 Å². The lowest BCUT2D eigenvalue weighted by atomic mass is 10.1. The number of nitrogens with one attached hydrogen (secondary N) is 2. The normalized spacial score (nSPS) is 23.8. The van der Waals surface area contributed by atoms with Crippen LogP contribution in [-0.4, -0.2) is 31.6 Å². The van der Waals surface area contributed by atoms with Gasteiger partial charge in [0.15, 0.2) is 0 Å². The molecule has 1 heterocycles. The standard InChI is InChI=1S/C9H19N3O/c10-4-2-6-11-8-3-1-5-12-9(13)7-8/h8,11H,1-7,10H2,(H,12,13). The summed E-state index contributed by atoms with van der Waals surface area (Å²) in [4.78, 5) is 11.2. The molecule has 0 aliphatic carbocycles. The maximum atomic E-state index is 11.2. The molecule has 1 atom stereocenters. The average molecular weight is 185 g/mol. The van der Waals surface area contributed by atoms with E-state index >= 15 is 0 Å². The summed E-state index contributed by atoms with van der Waals surface area (Å²) in [6.45, 7) is 2.47. The van der Waals surface area contributed by atoms with Gasteiger partial charge in [-0.25, -0.2) is 0 Å². The van der Waals surface area contributed by atoms with Crippen LogP contribution in [0.15, 0.2) is 0 Å². The van der Waals surface area contributed by atoms with Gasteiger partial charge in [-0.2, -0.15) is 0 Å². The zero-order valence-corrected chi connectivity index (χ0v) is 8.01. The fraction of sp³-hybridized carbons (Fsp3) is 0.889. The second kappa shape index (κ2) is 5.94. The van der Waals surface area contributed by atoms with Crippen LogP contribution in [0, 0.1) is 0 Å². The van der Waals surface area contributed by atoms with E-state index < -0.39 is 0 Å². The van der Waals surface area contributed by atoms with Gasteiger partial charge in [0.2, 0.25) is 5.91 Å². The van der Waals surface area contributed by atoms with E-state index in [0.717, 1.165) is 32.4 Å². The van der Waals surface area contributed by atoms with Crippen LogP contribution >= 0.6 is 0 Å². The van der Waals surface area contributed by atoms with Gasteiger partial charge in [-0.05, 0) is 32.4 Å². The summed E-state index contributed by atoms with van der Waals surface area (Å²) in [5, 5.41) is 6.21. The zero-order chi connectivity index (χ0) is 9.52. The van der Waals surface area contributed by atoms with Crippen molar-refractivity contribution in [2.24, 2.45) is 5.73 Å². The highest BCUT2D eigenvalue weighted by molar-refractivity contribution is 5.76. The third-order valence-corrected chi connectivity index (χ3v) is 2.30. The average Bonchev–Trinajstić information content (AvgIpc) is 2.31. The Balaban J connectivity index is 2.19. The Morgan fingerprint density at radius 1 is 1.62 bits per heavy atom. The molecular weight excluding hydrogens is 166 g/mol. The van der Waals surface area contributed by atoms with Gasteiger partial charge in [0.1, 0.15) is 0 Å². The smallest absolute Gasteiger partial charge is 0.221 e. The van der Waals surface area contributed by atoms with Crippen LogP contribution in [-0.2, 0) is 4.79 Å². The number of hydrogen-bond donors (Lipinski definition) is 3. The molecule has 1 unspecified atom stereocenters. The van der Waals surface area contributed by atoms with Crippen molar-refractivity contribution in [2.45, 2.75) is 31.7 Å². The molecule has 1 fully saturated rings. The van der Waals surface area contributed by atoms with E-state index in [4.69, 9.17) is 5.73 Å². The van der Waals surface area contributed by atoms with Crippen molar-refractivity contribution >= 4 is 5.91 Å². The van der Waals surface area contributed by atoms with Crippen LogP contribution in [0.1, 0.15) is 25.7 Å². The SMILES string of the molecule is NCCCNC1CCCNC(=O)C1. The van der Waals surface area contributed by atoms with Gasteiger partial charge >= 0.3 is 0 Å². The van der Waals surface area contributed by atoms with E-state index in [9.17, 15) is 4.79 Å². The van der Waals surface area contributed by atoms with Crippen LogP contribution in [0.3, 0.4) is 0 Å². The number of nitrogens with two attached hydrogens (primary N) is 1. The molecule has 1 aliphatic heterocycles. The molecule has 76 valence electrons. The molecule has 0 saturated carbocycles. The number of carbonyl (C=O) groups excluding carboxylic acids is 1. The van der Waals surface area contributed by atoms with Gasteiger partial charge in [-0.1, -0.05) is 0 Å². The molecule has 1 saturated heterocycles. The van der Waals surface area contributed by atoms with Gasteiger partial charge in [0.05, 0.1) is 0 Å². The second-order valence-electron chi connectivity index (χ2n) is 3.49. The number of rotatable bonds is 4. The van der Waals surface area contributed by atoms with E-state index in [1.54, 1.807) is 0 Å². The van der Waals surface area contributed by atoms with Crippen molar-refractivity contribution in [3.8, 4) is 0 Å². The molecule has 1 aliphatic rings. The predicted molar refractivity (Wildman–Crippen MR) is 52.3 cm³/mol. The van der Waals surface area contributed by atoms with E-state index in [-0.39, 0.29) is 5.91 Å². The summed E-state index contributed by atoms with van der Waals surface area (Å²) in [7, 11) is 0. The van der Waals surface area contributed by atoms with Crippen LogP contribution < -0.4 is 16.4 Å². The van der Waals surface area contributed by atoms with Gasteiger partial charge in [0.25, 0.3) is 0 Å². The van der Waals surface area contributed by atoms with Crippen molar-refractivity contribution < 1.29 is 4.79 Å². The van der Waals surface area contributed by atoms with Crippen molar-refractivity contribution in [1.29, 1.82) is 0 Å². The minimum Gasteiger partial charge on any atom is -0.356 e. The maximum absolute atomic E-state index is 11.2. The van der Waals surface area contributed by atoms with Crippen molar-refractivity contribution in [3.63, 3.8) is 0 Å². The molecule has 0 aromatic carbocycles. The molecule has 13 heavy (non-hydrogen) atoms. The molecule has 4 nitrogen and oxygen atoms in total. The highest BCUT2D eigenvalue weighted by Crippen LogP contribution is 2.05. The first-order chi connectivity index (χ1) is 6.33. The van der Waals surface area contributed by atoms with Gasteiger partial charge in [-0.3, -0.25) is 4.79 Å². The first-order valence-electron chi connectivity index (χ1n) is 5.03. The first kappa shape index (κ1) is 10.5. The number of carbonyl (C=O) groups is 1. The minimum atomic E-state index is 0.169. The quantitative estimate of drug-likeness (QED) is 0.522. The lowest BCUT2D eigenvalue weighted by molar-refractivity contribution is -0.121. The molecule has 4 heteroatoms. The van der Waals surface area contributed by atoms with Gasteiger partial charge < -0.3 is 16.4 Å². The summed E-state index contributed by atoms with van der Waals surface area (Å²) in [6, 6.07) is 0.356. The maximum Gasteiger partial charge on any atom is 0.221 e. The lowest BCUT2D eigenvalue weighted by Gasteiger charge is -2.14. The van der Waals surface area contributed by atoms with E-state index in [1.165, 1.54) is 0 Å². The highest BCUT2D eigenvalue weighted by Gasteiger charge is 2.15. The number of hydrogen-bond acceptors (Lipinski definition) is 3. The topological polar surface area (TPSA) is 67.2 Å². The Hall–Kier alpha value is -0.610. The molecular formula is C9H19N3O. The fourth-order valence-electron chi connectivity index (χ4n) is 1.56. The predicted octanol–water partition coefficient (Wildman–Crippen LogP) is -0.406. The van der Waals surface area contributed by atoms with Gasteiger partial charge in [-0.15, -0.1) is 0 Å². The second-order valence-corrected chi connectivity index (χ2v) is 3.49. The van der Waals surface area contributed by atoms with Crippen LogP contribution in [0.5, 0.6) is 0 Å². The molecule has 0 bridgehead atoms. The highest BCUT2D eigenvalue weighted by atomic mass is 16.1. The summed E-state index contributed by atoms with van der Waals surface area (Å²) in [6.07, 6.45) is 3.76. The van der Waals surface area contributed by atoms with Crippen molar-refractivity contribution in [3.05, 3.63) is 0 Å². The third kappa shape index (κ3) is 4.24. The summed E-state index contributed by atoms with van der Waals surface area (Å²) in [5.41, 5.74) is 5.38. The van der Waals surface area contributed by atoms with Crippen molar-refractivity contribution in [1.82, 2.24) is 10.6 Å². The zero-order valence-electron chi connectivity index (χ0n) is 8.01. The molecule has 1 rings (SSSR count). The summed E-state index contributed by atoms with van der Waals surface area (Å²) >= 11 is 0. The Labute approximate surface area is 79.3 Å². The van der Waals surface area contributed by atoms with E-state index in [0.29, 0.717) is 19.0 Å². The Kier molecular flexibility index (Phi) is 4.78. The Morgan fingerprint density at radius 3 is 3.23 bits per heavy atom. The van der Waals surface area contributed by atoms with Crippen molar-refractivity contribution in [2.75, 3.05) is 19.6 Å². The Morgan fingerprint density at radius 2 is 2.46 bits per heavy atom. The lowest BCUT2D eigenvalue weighted by Crippen LogP contribution is -2.33. The summed E-state index contributed by atoms with van der Waals surface area (Å²) in [5.74, 6) is 0.169. The molecule has 0 aromatic rings. The minimum absolute atomic E-state index is 0.169.